The number of hydrogen-bond donors (Lipinski definition) is 1. The van der Waals surface area contributed by atoms with Crippen molar-refractivity contribution in [3.63, 3.8) is 0 Å². The van der Waals surface area contributed by atoms with E-state index >= 15 is 0 Å². The molecule has 2 heterocycles. The lowest BCUT2D eigenvalue weighted by Gasteiger charge is -2.11. The molecular weight excluding hydrogens is 230 g/mol. The molecule has 0 spiro atoms. The molecule has 0 amide bonds. The Morgan fingerprint density at radius 2 is 2.44 bits per heavy atom. The van der Waals surface area contributed by atoms with Crippen LogP contribution < -0.4 is 5.32 Å². The number of furan rings is 1. The van der Waals surface area contributed by atoms with Gasteiger partial charge < -0.3 is 14.5 Å². The van der Waals surface area contributed by atoms with E-state index in [1.54, 1.807) is 6.07 Å². The van der Waals surface area contributed by atoms with Crippen LogP contribution in [0.25, 0.3) is 11.1 Å². The zero-order valence-electron chi connectivity index (χ0n) is 8.61. The Morgan fingerprint density at radius 3 is 3.19 bits per heavy atom. The zero-order valence-corrected chi connectivity index (χ0v) is 9.36. The highest BCUT2D eigenvalue weighted by Crippen LogP contribution is 2.23. The number of carbonyl (C=O) groups is 1. The Balaban J connectivity index is 2.35. The Hall–Kier alpha value is -1.62. The molecule has 0 saturated carbocycles. The highest BCUT2D eigenvalue weighted by molar-refractivity contribution is 6.28. The van der Waals surface area contributed by atoms with Crippen LogP contribution in [-0.2, 0) is 4.79 Å². The van der Waals surface area contributed by atoms with Gasteiger partial charge in [-0.1, -0.05) is 0 Å². The Labute approximate surface area is 96.8 Å². The van der Waals surface area contributed by atoms with Crippen LogP contribution in [0.4, 0.5) is 5.82 Å². The van der Waals surface area contributed by atoms with Crippen molar-refractivity contribution in [2.45, 2.75) is 19.4 Å². The average molecular weight is 240 g/mol. The van der Waals surface area contributed by atoms with Crippen molar-refractivity contribution in [1.29, 1.82) is 0 Å². The number of carbonyl (C=O) groups excluding carboxylic acids is 1. The number of rotatable bonds is 4. The summed E-state index contributed by atoms with van der Waals surface area (Å²) in [6.07, 6.45) is 2.76. The van der Waals surface area contributed by atoms with E-state index in [1.807, 2.05) is 6.92 Å². The number of halogens is 1. The fourth-order valence-corrected chi connectivity index (χ4v) is 1.55. The monoisotopic (exact) mass is 239 g/mol. The van der Waals surface area contributed by atoms with Crippen molar-refractivity contribution in [1.82, 2.24) is 9.97 Å². The molecule has 0 fully saturated rings. The van der Waals surface area contributed by atoms with Crippen molar-refractivity contribution >= 4 is 34.8 Å². The largest absolute Gasteiger partial charge is 0.459 e. The van der Waals surface area contributed by atoms with Gasteiger partial charge in [0.25, 0.3) is 0 Å². The minimum atomic E-state index is -0.0308. The normalized spacial score (nSPS) is 12.6. The smallest absolute Gasteiger partial charge is 0.225 e. The van der Waals surface area contributed by atoms with E-state index in [2.05, 4.69) is 15.3 Å². The van der Waals surface area contributed by atoms with Gasteiger partial charge in [0.1, 0.15) is 11.8 Å². The van der Waals surface area contributed by atoms with E-state index in [0.29, 0.717) is 23.3 Å². The van der Waals surface area contributed by atoms with Crippen LogP contribution in [0.2, 0.25) is 5.28 Å². The molecule has 0 aromatic carbocycles. The molecule has 2 rings (SSSR count). The van der Waals surface area contributed by atoms with Gasteiger partial charge in [0.15, 0.2) is 11.4 Å². The van der Waals surface area contributed by atoms with Crippen LogP contribution in [0.15, 0.2) is 16.7 Å². The highest BCUT2D eigenvalue weighted by Gasteiger charge is 2.11. The third-order valence-corrected chi connectivity index (χ3v) is 2.28. The first kappa shape index (κ1) is 10.9. The summed E-state index contributed by atoms with van der Waals surface area (Å²) in [4.78, 5) is 18.4. The van der Waals surface area contributed by atoms with E-state index in [-0.39, 0.29) is 11.3 Å². The second-order valence-corrected chi connectivity index (χ2v) is 3.76. The van der Waals surface area contributed by atoms with Crippen LogP contribution in [0, 0.1) is 0 Å². The molecule has 5 nitrogen and oxygen atoms in total. The van der Waals surface area contributed by atoms with E-state index in [9.17, 15) is 4.79 Å². The number of aldehydes is 1. The van der Waals surface area contributed by atoms with Crippen LogP contribution >= 0.6 is 11.6 Å². The summed E-state index contributed by atoms with van der Waals surface area (Å²) in [5.74, 6) is 0.509. The maximum Gasteiger partial charge on any atom is 0.225 e. The lowest BCUT2D eigenvalue weighted by atomic mass is 10.2. The molecule has 0 aliphatic rings. The third-order valence-electron chi connectivity index (χ3n) is 2.11. The summed E-state index contributed by atoms with van der Waals surface area (Å²) in [6, 6.07) is 1.68. The van der Waals surface area contributed by atoms with Crippen LogP contribution in [0.5, 0.6) is 0 Å². The SMILES string of the molecule is CC(CC=O)Nc1nc(Cl)nc2ccoc12. The second kappa shape index (κ2) is 4.49. The molecule has 2 aromatic rings. The lowest BCUT2D eigenvalue weighted by molar-refractivity contribution is -0.107. The van der Waals surface area contributed by atoms with Crippen molar-refractivity contribution < 1.29 is 9.21 Å². The Morgan fingerprint density at radius 1 is 1.62 bits per heavy atom. The van der Waals surface area contributed by atoms with E-state index in [0.717, 1.165) is 6.29 Å². The van der Waals surface area contributed by atoms with Crippen molar-refractivity contribution in [2.24, 2.45) is 0 Å². The van der Waals surface area contributed by atoms with Gasteiger partial charge in [-0.15, -0.1) is 0 Å². The summed E-state index contributed by atoms with van der Waals surface area (Å²) in [7, 11) is 0. The molecule has 6 heteroatoms. The maximum atomic E-state index is 10.4. The Kier molecular flexibility index (Phi) is 3.05. The zero-order chi connectivity index (χ0) is 11.5. The number of hydrogen-bond acceptors (Lipinski definition) is 5. The van der Waals surface area contributed by atoms with E-state index < -0.39 is 0 Å². The molecule has 0 bridgehead atoms. The molecule has 1 unspecified atom stereocenters. The minimum absolute atomic E-state index is 0.0308. The third kappa shape index (κ3) is 2.14. The molecule has 0 aliphatic carbocycles. The van der Waals surface area contributed by atoms with Gasteiger partial charge in [-0.2, -0.15) is 4.98 Å². The van der Waals surface area contributed by atoms with Gasteiger partial charge in [0, 0.05) is 18.5 Å². The number of nitrogens with one attached hydrogen (secondary N) is 1. The standard InChI is InChI=1S/C10H10ClN3O2/c1-6(2-4-15)12-9-8-7(3-5-16-8)13-10(11)14-9/h3-6H,2H2,1H3,(H,12,13,14). The fourth-order valence-electron chi connectivity index (χ4n) is 1.37. The first-order chi connectivity index (χ1) is 7.70. The van der Waals surface area contributed by atoms with Crippen molar-refractivity contribution in [3.8, 4) is 0 Å². The average Bonchev–Trinajstić information content (AvgIpc) is 2.65. The molecule has 1 atom stereocenters. The first-order valence-electron chi connectivity index (χ1n) is 4.81. The van der Waals surface area contributed by atoms with Gasteiger partial charge in [0.05, 0.1) is 6.26 Å². The number of anilines is 1. The predicted molar refractivity (Wildman–Crippen MR) is 60.6 cm³/mol. The topological polar surface area (TPSA) is 68.0 Å². The summed E-state index contributed by atoms with van der Waals surface area (Å²) < 4.78 is 5.25. The molecule has 1 N–H and O–H groups in total. The summed E-state index contributed by atoms with van der Waals surface area (Å²) >= 11 is 5.77. The second-order valence-electron chi connectivity index (χ2n) is 3.42. The van der Waals surface area contributed by atoms with Crippen molar-refractivity contribution in [3.05, 3.63) is 17.6 Å². The molecule has 2 aromatic heterocycles. The van der Waals surface area contributed by atoms with Crippen LogP contribution in [0.1, 0.15) is 13.3 Å². The van der Waals surface area contributed by atoms with Gasteiger partial charge in [-0.25, -0.2) is 4.98 Å². The van der Waals surface area contributed by atoms with Gasteiger partial charge in [0.2, 0.25) is 5.28 Å². The van der Waals surface area contributed by atoms with E-state index in [4.69, 9.17) is 16.0 Å². The fraction of sp³-hybridized carbons (Fsp3) is 0.300. The molecule has 84 valence electrons. The summed E-state index contributed by atoms with van der Waals surface area (Å²) in [5, 5.41) is 3.20. The Bertz CT molecular complexity index is 512. The first-order valence-corrected chi connectivity index (χ1v) is 5.19. The van der Waals surface area contributed by atoms with E-state index in [1.165, 1.54) is 6.26 Å². The molecule has 0 aliphatic heterocycles. The van der Waals surface area contributed by atoms with Crippen molar-refractivity contribution in [2.75, 3.05) is 5.32 Å². The van der Waals surface area contributed by atoms with Crippen LogP contribution in [-0.4, -0.2) is 22.3 Å². The molecule has 0 radical (unpaired) electrons. The molecule has 0 saturated heterocycles. The number of nitrogens with zero attached hydrogens (tertiary/aromatic N) is 2. The maximum absolute atomic E-state index is 10.4. The van der Waals surface area contributed by atoms with Gasteiger partial charge in [-0.05, 0) is 18.5 Å². The minimum Gasteiger partial charge on any atom is -0.459 e. The summed E-state index contributed by atoms with van der Waals surface area (Å²) in [6.45, 7) is 1.87. The van der Waals surface area contributed by atoms with Crippen LogP contribution in [0.3, 0.4) is 0 Å². The lowest BCUT2D eigenvalue weighted by Crippen LogP contribution is -2.16. The molecule has 16 heavy (non-hydrogen) atoms. The quantitative estimate of drug-likeness (QED) is 0.655. The predicted octanol–water partition coefficient (Wildman–Crippen LogP) is 2.27. The molecular formula is C10H10ClN3O2. The van der Waals surface area contributed by atoms with Gasteiger partial charge >= 0.3 is 0 Å². The highest BCUT2D eigenvalue weighted by atomic mass is 35.5. The summed E-state index contributed by atoms with van der Waals surface area (Å²) in [5.41, 5.74) is 1.18. The van der Waals surface area contributed by atoms with Gasteiger partial charge in [-0.3, -0.25) is 0 Å². The number of fused-ring (bicyclic) bond motifs is 1. The number of aromatic nitrogens is 2.